The van der Waals surface area contributed by atoms with E-state index in [-0.39, 0.29) is 23.1 Å². The first kappa shape index (κ1) is 18.4. The van der Waals surface area contributed by atoms with E-state index in [1.165, 1.54) is 27.2 Å². The van der Waals surface area contributed by atoms with Gasteiger partial charge in [-0.25, -0.2) is 0 Å². The Labute approximate surface area is 155 Å². The van der Waals surface area contributed by atoms with Crippen LogP contribution in [0.25, 0.3) is 0 Å². The van der Waals surface area contributed by atoms with Crippen molar-refractivity contribution in [2.75, 3.05) is 14.2 Å². The molecule has 2 aromatic carbocycles. The van der Waals surface area contributed by atoms with Gasteiger partial charge in [-0.3, -0.25) is 14.4 Å². The molecule has 0 aliphatic heterocycles. The molecule has 0 unspecified atom stereocenters. The fourth-order valence-corrected chi connectivity index (χ4v) is 3.52. The minimum Gasteiger partial charge on any atom is -0.506 e. The molecule has 7 nitrogen and oxygen atoms in total. The number of carboxylic acid groups (broad SMARTS) is 1. The third kappa shape index (κ3) is 3.01. The molecule has 0 aromatic heterocycles. The summed E-state index contributed by atoms with van der Waals surface area (Å²) in [4.78, 5) is 36.3. The van der Waals surface area contributed by atoms with Crippen molar-refractivity contribution < 1.29 is 34.1 Å². The summed E-state index contributed by atoms with van der Waals surface area (Å²) in [5, 5.41) is 19.8. The van der Waals surface area contributed by atoms with E-state index in [9.17, 15) is 19.5 Å². The van der Waals surface area contributed by atoms with Gasteiger partial charge in [-0.15, -0.1) is 0 Å². The topological polar surface area (TPSA) is 110 Å². The molecule has 3 rings (SSSR count). The largest absolute Gasteiger partial charge is 0.506 e. The van der Waals surface area contributed by atoms with Crippen LogP contribution in [0.1, 0.15) is 49.9 Å². The highest BCUT2D eigenvalue weighted by Gasteiger charge is 2.33. The molecule has 0 bridgehead atoms. The van der Waals surface area contributed by atoms with E-state index in [2.05, 4.69) is 0 Å². The Morgan fingerprint density at radius 3 is 2.30 bits per heavy atom. The summed E-state index contributed by atoms with van der Waals surface area (Å²) in [5.41, 5.74) is 1.44. The van der Waals surface area contributed by atoms with Crippen LogP contribution in [0.4, 0.5) is 0 Å². The Hall–Kier alpha value is -3.35. The minimum absolute atomic E-state index is 0.00491. The Morgan fingerprint density at radius 1 is 1.07 bits per heavy atom. The molecule has 2 aromatic rings. The van der Waals surface area contributed by atoms with Gasteiger partial charge in [-0.2, -0.15) is 0 Å². The number of benzene rings is 2. The van der Waals surface area contributed by atoms with Crippen LogP contribution in [0, 0.1) is 0 Å². The Kier molecular flexibility index (Phi) is 4.61. The molecule has 0 atom stereocenters. The van der Waals surface area contributed by atoms with Crippen molar-refractivity contribution >= 4 is 17.5 Å². The molecule has 1 aliphatic carbocycles. The lowest BCUT2D eigenvalue weighted by atomic mass is 9.80. The summed E-state index contributed by atoms with van der Waals surface area (Å²) < 4.78 is 10.5. The maximum Gasteiger partial charge on any atom is 0.307 e. The van der Waals surface area contributed by atoms with Crippen molar-refractivity contribution in [2.24, 2.45) is 0 Å². The van der Waals surface area contributed by atoms with Crippen molar-refractivity contribution in [2.45, 2.75) is 19.8 Å². The number of aromatic hydroxyl groups is 1. The maximum absolute atomic E-state index is 13.1. The minimum atomic E-state index is -1.14. The van der Waals surface area contributed by atoms with Crippen molar-refractivity contribution in [1.29, 1.82) is 0 Å². The van der Waals surface area contributed by atoms with Gasteiger partial charge in [0.2, 0.25) is 5.78 Å². The fraction of sp³-hybridized carbons (Fsp3) is 0.250. The van der Waals surface area contributed by atoms with Gasteiger partial charge in [0, 0.05) is 6.07 Å². The second kappa shape index (κ2) is 6.75. The van der Waals surface area contributed by atoms with Crippen LogP contribution in [0.3, 0.4) is 0 Å². The number of phenols is 1. The highest BCUT2D eigenvalue weighted by atomic mass is 16.5. The number of carbonyl (C=O) groups excluding carboxylic acids is 2. The highest BCUT2D eigenvalue weighted by molar-refractivity contribution is 6.17. The first-order valence-electron chi connectivity index (χ1n) is 8.18. The predicted octanol–water partition coefficient (Wildman–Crippen LogP) is 2.37. The van der Waals surface area contributed by atoms with Crippen LogP contribution in [0.2, 0.25) is 0 Å². The molecular formula is C20H18O7. The number of Topliss-reactive ketones (excluding diaryl/α,β-unsaturated/α-hetero) is 1. The molecule has 0 spiro atoms. The van der Waals surface area contributed by atoms with Gasteiger partial charge in [0.1, 0.15) is 17.2 Å². The number of hydrogen-bond donors (Lipinski definition) is 2. The summed E-state index contributed by atoms with van der Waals surface area (Å²) in [6.45, 7) is 1.22. The zero-order valence-corrected chi connectivity index (χ0v) is 15.1. The molecule has 0 amide bonds. The van der Waals surface area contributed by atoms with E-state index in [0.29, 0.717) is 28.2 Å². The van der Waals surface area contributed by atoms with E-state index in [1.807, 2.05) is 0 Å². The van der Waals surface area contributed by atoms with E-state index >= 15 is 0 Å². The summed E-state index contributed by atoms with van der Waals surface area (Å²) in [7, 11) is 2.92. The summed E-state index contributed by atoms with van der Waals surface area (Å²) in [5.74, 6) is -1.79. The van der Waals surface area contributed by atoms with Crippen LogP contribution in [0.15, 0.2) is 18.2 Å². The van der Waals surface area contributed by atoms with Crippen molar-refractivity contribution in [3.8, 4) is 17.2 Å². The highest BCUT2D eigenvalue weighted by Crippen LogP contribution is 2.41. The lowest BCUT2D eigenvalue weighted by Crippen LogP contribution is -2.19. The monoisotopic (exact) mass is 370 g/mol. The van der Waals surface area contributed by atoms with Crippen LogP contribution < -0.4 is 9.47 Å². The maximum atomic E-state index is 13.1. The van der Waals surface area contributed by atoms with Crippen molar-refractivity contribution in [3.05, 3.63) is 51.6 Å². The Balaban J connectivity index is 2.27. The molecule has 0 saturated heterocycles. The first-order valence-corrected chi connectivity index (χ1v) is 8.18. The molecule has 0 radical (unpaired) electrons. The zero-order chi connectivity index (χ0) is 19.9. The third-order valence-corrected chi connectivity index (χ3v) is 4.61. The molecule has 1 aliphatic rings. The first-order chi connectivity index (χ1) is 12.8. The molecule has 0 fully saturated rings. The molecule has 0 heterocycles. The smallest absolute Gasteiger partial charge is 0.307 e. The predicted molar refractivity (Wildman–Crippen MR) is 95.2 cm³/mol. The van der Waals surface area contributed by atoms with Gasteiger partial charge in [0.25, 0.3) is 0 Å². The number of rotatable bonds is 5. The second-order valence-electron chi connectivity index (χ2n) is 6.29. The summed E-state index contributed by atoms with van der Waals surface area (Å²) >= 11 is 0. The van der Waals surface area contributed by atoms with E-state index in [0.717, 1.165) is 0 Å². The van der Waals surface area contributed by atoms with Crippen molar-refractivity contribution in [3.63, 3.8) is 0 Å². The summed E-state index contributed by atoms with van der Waals surface area (Å²) in [6.07, 6.45) is -0.166. The van der Waals surface area contributed by atoms with E-state index in [1.54, 1.807) is 12.1 Å². The number of phenolic OH excluding ortho intramolecular Hbond substituents is 1. The third-order valence-electron chi connectivity index (χ3n) is 4.61. The average molecular weight is 370 g/mol. The number of ketones is 2. The second-order valence-corrected chi connectivity index (χ2v) is 6.29. The fourth-order valence-electron chi connectivity index (χ4n) is 3.52. The normalized spacial score (nSPS) is 12.2. The van der Waals surface area contributed by atoms with Gasteiger partial charge in [0.05, 0.1) is 37.3 Å². The zero-order valence-electron chi connectivity index (χ0n) is 15.1. The molecular weight excluding hydrogens is 352 g/mol. The van der Waals surface area contributed by atoms with Gasteiger partial charge in [-0.1, -0.05) is 6.07 Å². The number of ether oxygens (including phenoxy) is 2. The Morgan fingerprint density at radius 2 is 1.74 bits per heavy atom. The number of hydrogen-bond acceptors (Lipinski definition) is 6. The van der Waals surface area contributed by atoms with Gasteiger partial charge in [0.15, 0.2) is 5.78 Å². The number of methoxy groups -OCH3 is 2. The number of aliphatic carboxylic acids is 1. The van der Waals surface area contributed by atoms with Crippen LogP contribution in [-0.4, -0.2) is 42.0 Å². The lowest BCUT2D eigenvalue weighted by Gasteiger charge is -2.24. The lowest BCUT2D eigenvalue weighted by molar-refractivity contribution is -0.136. The van der Waals surface area contributed by atoms with Crippen molar-refractivity contribution in [1.82, 2.24) is 0 Å². The van der Waals surface area contributed by atoms with Crippen LogP contribution in [0.5, 0.6) is 17.2 Å². The van der Waals surface area contributed by atoms with Gasteiger partial charge < -0.3 is 19.7 Å². The molecule has 0 saturated carbocycles. The molecule has 2 N–H and O–H groups in total. The standard InChI is InChI=1S/C20H18O7/c1-9(21)16-12(7-15(22)23)5-10-4-11-6-13(26-2)8-14(27-3)17(11)20(25)18(10)19(16)24/h5-6,8,24H,4,7H2,1-3H3,(H,22,23). The SMILES string of the molecule is COc1cc2c(c(OC)c1)C(=O)c1c(cc(CC(=O)O)c(C(C)=O)c1O)C2. The van der Waals surface area contributed by atoms with E-state index in [4.69, 9.17) is 14.6 Å². The van der Waals surface area contributed by atoms with Gasteiger partial charge in [-0.05, 0) is 36.1 Å². The van der Waals surface area contributed by atoms with E-state index < -0.39 is 29.7 Å². The molecule has 27 heavy (non-hydrogen) atoms. The average Bonchev–Trinajstić information content (AvgIpc) is 2.59. The van der Waals surface area contributed by atoms with Crippen LogP contribution >= 0.6 is 0 Å². The molecule has 7 heteroatoms. The quantitative estimate of drug-likeness (QED) is 0.664. The molecule has 140 valence electrons. The van der Waals surface area contributed by atoms with Gasteiger partial charge >= 0.3 is 5.97 Å². The Bertz CT molecular complexity index is 989. The van der Waals surface area contributed by atoms with Crippen LogP contribution in [-0.2, 0) is 17.6 Å². The summed E-state index contributed by atoms with van der Waals surface area (Å²) in [6, 6.07) is 4.78. The number of carboxylic acids is 1. The number of fused-ring (bicyclic) bond motifs is 2. The number of carbonyl (C=O) groups is 3.